The Bertz CT molecular complexity index is 416. The van der Waals surface area contributed by atoms with Crippen LogP contribution in [0.5, 0.6) is 0 Å². The van der Waals surface area contributed by atoms with Crippen LogP contribution in [0, 0.1) is 0 Å². The number of ether oxygens (including phenoxy) is 2. The predicted molar refractivity (Wildman–Crippen MR) is 68.0 cm³/mol. The number of benzene rings is 1. The number of carbonyl (C=O) groups is 1. The zero-order valence-electron chi connectivity index (χ0n) is 11.1. The minimum absolute atomic E-state index is 0.233. The molecule has 0 radical (unpaired) electrons. The summed E-state index contributed by atoms with van der Waals surface area (Å²) in [5, 5.41) is 0. The molecule has 1 aromatic carbocycles. The molecule has 4 heteroatoms. The molecule has 1 atom stereocenters. The molecular formula is C14H19NO3. The third-order valence-electron chi connectivity index (χ3n) is 3.10. The zero-order chi connectivity index (χ0) is 13.2. The van der Waals surface area contributed by atoms with Crippen molar-refractivity contribution in [2.24, 2.45) is 0 Å². The molecule has 1 saturated heterocycles. The third-order valence-corrected chi connectivity index (χ3v) is 3.10. The van der Waals surface area contributed by atoms with E-state index in [0.29, 0.717) is 13.2 Å². The molecule has 1 aliphatic heterocycles. The summed E-state index contributed by atoms with van der Waals surface area (Å²) in [5.74, 6) is 0. The summed E-state index contributed by atoms with van der Waals surface area (Å²) in [5.41, 5.74) is 0.670. The molecule has 0 saturated carbocycles. The molecule has 98 valence electrons. The summed E-state index contributed by atoms with van der Waals surface area (Å²) in [6.45, 7) is 6.63. The van der Waals surface area contributed by atoms with E-state index < -0.39 is 0 Å². The lowest BCUT2D eigenvalue weighted by atomic mass is 10.1. The molecule has 0 spiro atoms. The van der Waals surface area contributed by atoms with Gasteiger partial charge >= 0.3 is 6.09 Å². The van der Waals surface area contributed by atoms with E-state index in [1.165, 1.54) is 0 Å². The fourth-order valence-electron chi connectivity index (χ4n) is 2.15. The Hall–Kier alpha value is -1.55. The highest BCUT2D eigenvalue weighted by molar-refractivity contribution is 5.69. The predicted octanol–water partition coefficient (Wildman–Crippen LogP) is 2.78. The standard InChI is InChI=1S/C14H19NO3/c1-11-15(14(2,3)10-18-11)13(16)17-9-12-7-5-4-6-8-12/h4-8,11H,9-10H2,1-3H3. The van der Waals surface area contributed by atoms with Crippen molar-refractivity contribution in [1.82, 2.24) is 4.90 Å². The number of amides is 1. The third kappa shape index (κ3) is 2.64. The molecule has 0 N–H and O–H groups in total. The molecule has 1 aromatic rings. The van der Waals surface area contributed by atoms with Crippen LogP contribution in [0.25, 0.3) is 0 Å². The molecule has 1 amide bonds. The molecule has 0 aromatic heterocycles. The first kappa shape index (κ1) is 12.9. The Kier molecular flexibility index (Phi) is 3.57. The van der Waals surface area contributed by atoms with Crippen molar-refractivity contribution in [3.8, 4) is 0 Å². The van der Waals surface area contributed by atoms with E-state index in [-0.39, 0.29) is 17.9 Å². The average Bonchev–Trinajstić information content (AvgIpc) is 2.62. The van der Waals surface area contributed by atoms with Crippen molar-refractivity contribution in [3.05, 3.63) is 35.9 Å². The number of rotatable bonds is 2. The van der Waals surface area contributed by atoms with Crippen LogP contribution in [-0.4, -0.2) is 29.4 Å². The first-order chi connectivity index (χ1) is 8.50. The Balaban J connectivity index is 1.96. The number of hydrogen-bond acceptors (Lipinski definition) is 3. The van der Waals surface area contributed by atoms with Gasteiger partial charge in [-0.05, 0) is 26.3 Å². The number of carbonyl (C=O) groups excluding carboxylic acids is 1. The summed E-state index contributed by atoms with van der Waals surface area (Å²) in [7, 11) is 0. The van der Waals surface area contributed by atoms with Gasteiger partial charge in [0.05, 0.1) is 12.1 Å². The molecule has 4 nitrogen and oxygen atoms in total. The van der Waals surface area contributed by atoms with Gasteiger partial charge in [0.25, 0.3) is 0 Å². The molecule has 1 fully saturated rings. The quantitative estimate of drug-likeness (QED) is 0.809. The summed E-state index contributed by atoms with van der Waals surface area (Å²) in [6.07, 6.45) is -0.558. The normalized spacial score (nSPS) is 21.9. The van der Waals surface area contributed by atoms with E-state index >= 15 is 0 Å². The number of nitrogens with zero attached hydrogens (tertiary/aromatic N) is 1. The monoisotopic (exact) mass is 249 g/mol. The topological polar surface area (TPSA) is 38.8 Å². The minimum atomic E-state index is -0.325. The summed E-state index contributed by atoms with van der Waals surface area (Å²) in [6, 6.07) is 9.65. The molecule has 2 rings (SSSR count). The maximum Gasteiger partial charge on any atom is 0.412 e. The largest absolute Gasteiger partial charge is 0.444 e. The molecule has 18 heavy (non-hydrogen) atoms. The lowest BCUT2D eigenvalue weighted by molar-refractivity contribution is 0.0238. The lowest BCUT2D eigenvalue weighted by Gasteiger charge is -2.30. The van der Waals surface area contributed by atoms with Gasteiger partial charge in [0.2, 0.25) is 0 Å². The summed E-state index contributed by atoms with van der Waals surface area (Å²) < 4.78 is 10.8. The summed E-state index contributed by atoms with van der Waals surface area (Å²) in [4.78, 5) is 13.7. The van der Waals surface area contributed by atoms with Gasteiger partial charge in [-0.25, -0.2) is 4.79 Å². The fraction of sp³-hybridized carbons (Fsp3) is 0.500. The van der Waals surface area contributed by atoms with E-state index in [1.54, 1.807) is 4.90 Å². The highest BCUT2D eigenvalue weighted by atomic mass is 16.6. The molecule has 0 aliphatic carbocycles. The highest BCUT2D eigenvalue weighted by Gasteiger charge is 2.42. The average molecular weight is 249 g/mol. The van der Waals surface area contributed by atoms with Gasteiger partial charge in [-0.15, -0.1) is 0 Å². The highest BCUT2D eigenvalue weighted by Crippen LogP contribution is 2.27. The van der Waals surface area contributed by atoms with Gasteiger partial charge in [-0.3, -0.25) is 4.90 Å². The van der Waals surface area contributed by atoms with E-state index in [2.05, 4.69) is 0 Å². The van der Waals surface area contributed by atoms with Gasteiger partial charge in [-0.2, -0.15) is 0 Å². The Morgan fingerprint density at radius 1 is 1.44 bits per heavy atom. The van der Waals surface area contributed by atoms with Crippen molar-refractivity contribution < 1.29 is 14.3 Å². The Labute approximate surface area is 107 Å². The van der Waals surface area contributed by atoms with Crippen molar-refractivity contribution in [2.75, 3.05) is 6.61 Å². The van der Waals surface area contributed by atoms with Crippen LogP contribution in [0.2, 0.25) is 0 Å². The first-order valence-corrected chi connectivity index (χ1v) is 6.12. The van der Waals surface area contributed by atoms with Crippen LogP contribution in [0.15, 0.2) is 30.3 Å². The fourth-order valence-corrected chi connectivity index (χ4v) is 2.15. The molecule has 1 aliphatic rings. The smallest absolute Gasteiger partial charge is 0.412 e. The molecule has 1 heterocycles. The van der Waals surface area contributed by atoms with Crippen LogP contribution in [-0.2, 0) is 16.1 Å². The summed E-state index contributed by atoms with van der Waals surface area (Å²) >= 11 is 0. The van der Waals surface area contributed by atoms with E-state index in [9.17, 15) is 4.79 Å². The van der Waals surface area contributed by atoms with Gasteiger partial charge in [-0.1, -0.05) is 30.3 Å². The molecule has 0 bridgehead atoms. The van der Waals surface area contributed by atoms with E-state index in [0.717, 1.165) is 5.56 Å². The van der Waals surface area contributed by atoms with Crippen molar-refractivity contribution in [1.29, 1.82) is 0 Å². The Morgan fingerprint density at radius 3 is 2.67 bits per heavy atom. The molecular weight excluding hydrogens is 230 g/mol. The van der Waals surface area contributed by atoms with Crippen LogP contribution >= 0.6 is 0 Å². The van der Waals surface area contributed by atoms with E-state index in [4.69, 9.17) is 9.47 Å². The van der Waals surface area contributed by atoms with E-state index in [1.807, 2.05) is 51.1 Å². The van der Waals surface area contributed by atoms with Crippen molar-refractivity contribution in [2.45, 2.75) is 39.1 Å². The van der Waals surface area contributed by atoms with Gasteiger partial charge < -0.3 is 9.47 Å². The van der Waals surface area contributed by atoms with Crippen LogP contribution < -0.4 is 0 Å². The second-order valence-electron chi connectivity index (χ2n) is 5.13. The van der Waals surface area contributed by atoms with Crippen LogP contribution in [0.4, 0.5) is 4.79 Å². The maximum atomic E-state index is 12.1. The van der Waals surface area contributed by atoms with Crippen LogP contribution in [0.1, 0.15) is 26.3 Å². The maximum absolute atomic E-state index is 12.1. The Morgan fingerprint density at radius 2 is 2.11 bits per heavy atom. The van der Waals surface area contributed by atoms with Gasteiger partial charge in [0.1, 0.15) is 12.8 Å². The van der Waals surface area contributed by atoms with Gasteiger partial charge in [0.15, 0.2) is 0 Å². The zero-order valence-corrected chi connectivity index (χ0v) is 11.1. The SMILES string of the molecule is CC1OCC(C)(C)N1C(=O)OCc1ccccc1. The van der Waals surface area contributed by atoms with Crippen molar-refractivity contribution in [3.63, 3.8) is 0 Å². The van der Waals surface area contributed by atoms with Crippen LogP contribution in [0.3, 0.4) is 0 Å². The second-order valence-corrected chi connectivity index (χ2v) is 5.13. The lowest BCUT2D eigenvalue weighted by Crippen LogP contribution is -2.47. The van der Waals surface area contributed by atoms with Gasteiger partial charge in [0, 0.05) is 0 Å². The molecule has 1 unspecified atom stereocenters. The van der Waals surface area contributed by atoms with Crippen molar-refractivity contribution >= 4 is 6.09 Å². The first-order valence-electron chi connectivity index (χ1n) is 6.12. The minimum Gasteiger partial charge on any atom is -0.444 e. The number of hydrogen-bond donors (Lipinski definition) is 0. The second kappa shape index (κ2) is 4.98.